The minimum atomic E-state index is 0.653. The summed E-state index contributed by atoms with van der Waals surface area (Å²) in [5, 5.41) is 3.16. The van der Waals surface area contributed by atoms with Crippen LogP contribution in [0.4, 0.5) is 0 Å². The topological polar surface area (TPSA) is 34.1 Å². The van der Waals surface area contributed by atoms with Crippen LogP contribution < -0.4 is 10.1 Å². The minimum Gasteiger partial charge on any atom is -0.439 e. The molecule has 2 aromatic rings. The van der Waals surface area contributed by atoms with E-state index in [2.05, 4.69) is 53.1 Å². The van der Waals surface area contributed by atoms with Crippen LogP contribution in [0.1, 0.15) is 29.3 Å². The van der Waals surface area contributed by atoms with Crippen molar-refractivity contribution in [3.05, 3.63) is 51.1 Å². The zero-order valence-electron chi connectivity index (χ0n) is 13.0. The van der Waals surface area contributed by atoms with E-state index >= 15 is 0 Å². The van der Waals surface area contributed by atoms with E-state index in [1.165, 1.54) is 5.56 Å². The van der Waals surface area contributed by atoms with Crippen molar-refractivity contribution in [2.75, 3.05) is 7.05 Å². The number of benzene rings is 1. The predicted molar refractivity (Wildman–Crippen MR) is 90.1 cm³/mol. The molecule has 0 aliphatic heterocycles. The van der Waals surface area contributed by atoms with Gasteiger partial charge in [0.1, 0.15) is 5.75 Å². The molecule has 3 nitrogen and oxygen atoms in total. The molecular formula is C17H21BrN2O. The first-order valence-corrected chi connectivity index (χ1v) is 7.91. The summed E-state index contributed by atoms with van der Waals surface area (Å²) >= 11 is 3.57. The first kappa shape index (κ1) is 16.0. The van der Waals surface area contributed by atoms with Gasteiger partial charge in [0.05, 0.1) is 0 Å². The number of halogens is 1. The van der Waals surface area contributed by atoms with E-state index in [0.717, 1.165) is 40.0 Å². The maximum atomic E-state index is 5.96. The number of pyridine rings is 1. The van der Waals surface area contributed by atoms with Crippen LogP contribution in [0.2, 0.25) is 0 Å². The smallest absolute Gasteiger partial charge is 0.219 e. The summed E-state index contributed by atoms with van der Waals surface area (Å²) in [5.74, 6) is 1.48. The molecule has 0 atom stereocenters. The van der Waals surface area contributed by atoms with Crippen molar-refractivity contribution in [1.82, 2.24) is 10.3 Å². The van der Waals surface area contributed by atoms with E-state index in [-0.39, 0.29) is 0 Å². The van der Waals surface area contributed by atoms with Gasteiger partial charge in [-0.25, -0.2) is 4.98 Å². The summed E-state index contributed by atoms with van der Waals surface area (Å²) in [6.45, 7) is 7.03. The largest absolute Gasteiger partial charge is 0.439 e. The van der Waals surface area contributed by atoms with Crippen LogP contribution in [0, 0.1) is 13.8 Å². The Kier molecular flexibility index (Phi) is 5.37. The van der Waals surface area contributed by atoms with Gasteiger partial charge in [-0.3, -0.25) is 0 Å². The highest BCUT2D eigenvalue weighted by atomic mass is 79.9. The average Bonchev–Trinajstić information content (AvgIpc) is 2.44. The van der Waals surface area contributed by atoms with Crippen LogP contribution >= 0.6 is 15.9 Å². The van der Waals surface area contributed by atoms with Gasteiger partial charge in [0.2, 0.25) is 5.88 Å². The third-order valence-corrected chi connectivity index (χ3v) is 4.54. The summed E-state index contributed by atoms with van der Waals surface area (Å²) in [4.78, 5) is 4.55. The van der Waals surface area contributed by atoms with Gasteiger partial charge in [0, 0.05) is 22.8 Å². The molecule has 1 aromatic heterocycles. The molecule has 1 aromatic carbocycles. The lowest BCUT2D eigenvalue weighted by molar-refractivity contribution is 0.459. The molecule has 0 saturated carbocycles. The lowest BCUT2D eigenvalue weighted by Gasteiger charge is -2.11. The van der Waals surface area contributed by atoms with Crippen LogP contribution in [0.15, 0.2) is 28.7 Å². The number of ether oxygens (including phenoxy) is 1. The first-order valence-electron chi connectivity index (χ1n) is 7.12. The van der Waals surface area contributed by atoms with Crippen molar-refractivity contribution in [2.24, 2.45) is 0 Å². The van der Waals surface area contributed by atoms with Crippen LogP contribution in [-0.4, -0.2) is 12.0 Å². The van der Waals surface area contributed by atoms with Gasteiger partial charge in [-0.15, -0.1) is 0 Å². The van der Waals surface area contributed by atoms with Crippen molar-refractivity contribution in [2.45, 2.75) is 33.7 Å². The summed E-state index contributed by atoms with van der Waals surface area (Å²) in [6, 6.07) is 8.15. The van der Waals surface area contributed by atoms with Crippen molar-refractivity contribution in [3.8, 4) is 11.6 Å². The Morgan fingerprint density at radius 2 is 1.81 bits per heavy atom. The Morgan fingerprint density at radius 1 is 1.14 bits per heavy atom. The quantitative estimate of drug-likeness (QED) is 0.861. The minimum absolute atomic E-state index is 0.653. The van der Waals surface area contributed by atoms with E-state index in [1.807, 2.05) is 25.2 Å². The number of aromatic nitrogens is 1. The molecule has 0 aliphatic carbocycles. The molecule has 2 rings (SSSR count). The van der Waals surface area contributed by atoms with Gasteiger partial charge in [0.25, 0.3) is 0 Å². The normalized spacial score (nSPS) is 10.7. The van der Waals surface area contributed by atoms with Crippen LogP contribution in [-0.2, 0) is 13.0 Å². The number of hydrogen-bond donors (Lipinski definition) is 1. The van der Waals surface area contributed by atoms with Crippen LogP contribution in [0.3, 0.4) is 0 Å². The SMILES string of the molecule is CCc1cc(CNC)cc(Oc2cc(C)c(Br)c(C)c2)n1. The van der Waals surface area contributed by atoms with Gasteiger partial charge < -0.3 is 10.1 Å². The zero-order chi connectivity index (χ0) is 15.4. The lowest BCUT2D eigenvalue weighted by atomic mass is 10.1. The molecule has 0 amide bonds. The predicted octanol–water partition coefficient (Wildman–Crippen LogP) is 4.54. The molecule has 21 heavy (non-hydrogen) atoms. The second-order valence-electron chi connectivity index (χ2n) is 5.16. The van der Waals surface area contributed by atoms with Crippen molar-refractivity contribution < 1.29 is 4.74 Å². The van der Waals surface area contributed by atoms with Gasteiger partial charge in [-0.2, -0.15) is 0 Å². The maximum Gasteiger partial charge on any atom is 0.219 e. The summed E-state index contributed by atoms with van der Waals surface area (Å²) in [6.07, 6.45) is 0.895. The molecular weight excluding hydrogens is 328 g/mol. The van der Waals surface area contributed by atoms with Crippen LogP contribution in [0.5, 0.6) is 11.6 Å². The van der Waals surface area contributed by atoms with Gasteiger partial charge in [-0.05, 0) is 62.2 Å². The first-order chi connectivity index (χ1) is 10.0. The monoisotopic (exact) mass is 348 g/mol. The Labute approximate surface area is 134 Å². The second-order valence-corrected chi connectivity index (χ2v) is 5.95. The van der Waals surface area contributed by atoms with E-state index < -0.39 is 0 Å². The number of nitrogens with zero attached hydrogens (tertiary/aromatic N) is 1. The Hall–Kier alpha value is -1.39. The van der Waals surface area contributed by atoms with E-state index in [1.54, 1.807) is 0 Å². The Bertz CT molecular complexity index is 618. The molecule has 0 bridgehead atoms. The van der Waals surface area contributed by atoms with Gasteiger partial charge in [-0.1, -0.05) is 22.9 Å². The molecule has 0 radical (unpaired) electrons. The van der Waals surface area contributed by atoms with Gasteiger partial charge >= 0.3 is 0 Å². The molecule has 0 spiro atoms. The number of aryl methyl sites for hydroxylation is 3. The molecule has 0 unspecified atom stereocenters. The summed E-state index contributed by atoms with van der Waals surface area (Å²) < 4.78 is 7.09. The van der Waals surface area contributed by atoms with Gasteiger partial charge in [0.15, 0.2) is 0 Å². The molecule has 4 heteroatoms. The maximum absolute atomic E-state index is 5.96. The number of hydrogen-bond acceptors (Lipinski definition) is 3. The summed E-state index contributed by atoms with van der Waals surface area (Å²) in [5.41, 5.74) is 4.55. The zero-order valence-corrected chi connectivity index (χ0v) is 14.5. The fraction of sp³-hybridized carbons (Fsp3) is 0.353. The summed E-state index contributed by atoms with van der Waals surface area (Å²) in [7, 11) is 1.94. The average molecular weight is 349 g/mol. The standard InChI is InChI=1S/C17H21BrN2O/c1-5-14-8-13(10-19-4)9-16(20-14)21-15-6-11(2)17(18)12(3)7-15/h6-9,19H,5,10H2,1-4H3. The second kappa shape index (κ2) is 7.05. The molecule has 112 valence electrons. The Balaban J connectivity index is 2.32. The Morgan fingerprint density at radius 3 is 2.38 bits per heavy atom. The third-order valence-electron chi connectivity index (χ3n) is 3.29. The van der Waals surface area contributed by atoms with Crippen molar-refractivity contribution in [3.63, 3.8) is 0 Å². The highest BCUT2D eigenvalue weighted by molar-refractivity contribution is 9.10. The molecule has 1 heterocycles. The molecule has 0 aliphatic rings. The fourth-order valence-electron chi connectivity index (χ4n) is 2.25. The van der Waals surface area contributed by atoms with E-state index in [0.29, 0.717) is 5.88 Å². The van der Waals surface area contributed by atoms with E-state index in [4.69, 9.17) is 4.74 Å². The van der Waals surface area contributed by atoms with Crippen molar-refractivity contribution in [1.29, 1.82) is 0 Å². The van der Waals surface area contributed by atoms with Crippen molar-refractivity contribution >= 4 is 15.9 Å². The highest BCUT2D eigenvalue weighted by Gasteiger charge is 2.07. The highest BCUT2D eigenvalue weighted by Crippen LogP contribution is 2.29. The fourth-order valence-corrected chi connectivity index (χ4v) is 2.47. The molecule has 0 fully saturated rings. The number of nitrogens with one attached hydrogen (secondary N) is 1. The van der Waals surface area contributed by atoms with E-state index in [9.17, 15) is 0 Å². The van der Waals surface area contributed by atoms with Crippen LogP contribution in [0.25, 0.3) is 0 Å². The molecule has 0 saturated heterocycles. The third kappa shape index (κ3) is 4.05. The molecule has 1 N–H and O–H groups in total. The number of rotatable bonds is 5. The lowest BCUT2D eigenvalue weighted by Crippen LogP contribution is -2.06.